The molecule has 0 atom stereocenters. The Bertz CT molecular complexity index is 1090. The molecule has 0 bridgehead atoms. The third-order valence-electron chi connectivity index (χ3n) is 5.09. The molecule has 5 rings (SSSR count). The van der Waals surface area contributed by atoms with Gasteiger partial charge >= 0.3 is 0 Å². The second-order valence-corrected chi connectivity index (χ2v) is 6.88. The van der Waals surface area contributed by atoms with Crippen molar-refractivity contribution in [3.63, 3.8) is 0 Å². The molecule has 4 aromatic rings. The lowest BCUT2D eigenvalue weighted by molar-refractivity contribution is 0.122. The number of furan rings is 1. The Kier molecular flexibility index (Phi) is 4.35. The summed E-state index contributed by atoms with van der Waals surface area (Å²) >= 11 is 0. The van der Waals surface area contributed by atoms with Crippen molar-refractivity contribution in [1.29, 1.82) is 0 Å². The Morgan fingerprint density at radius 3 is 2.43 bits per heavy atom. The molecule has 0 unspecified atom stereocenters. The van der Waals surface area contributed by atoms with Gasteiger partial charge in [-0.1, -0.05) is 12.1 Å². The van der Waals surface area contributed by atoms with Crippen LogP contribution in [0.1, 0.15) is 5.76 Å². The number of aromatic nitrogens is 2. The molecule has 1 aromatic carbocycles. The van der Waals surface area contributed by atoms with E-state index in [9.17, 15) is 5.11 Å². The van der Waals surface area contributed by atoms with Crippen molar-refractivity contribution in [2.24, 2.45) is 0 Å². The van der Waals surface area contributed by atoms with Gasteiger partial charge in [0.05, 0.1) is 18.9 Å². The zero-order valence-electron chi connectivity index (χ0n) is 15.4. The lowest BCUT2D eigenvalue weighted by atomic mass is 10.1. The maximum absolute atomic E-state index is 9.18. The molecule has 4 heterocycles. The van der Waals surface area contributed by atoms with Crippen LogP contribution in [0.15, 0.2) is 65.3 Å². The van der Waals surface area contributed by atoms with Crippen LogP contribution in [0.4, 0.5) is 5.69 Å². The SMILES string of the molecule is OCc1ccc(-c2ccc3nc(-c4ccc(N5CCOCC5)cc4)cn3c2)o1. The highest BCUT2D eigenvalue weighted by atomic mass is 16.5. The minimum Gasteiger partial charge on any atom is -0.459 e. The molecule has 0 saturated carbocycles. The van der Waals surface area contributed by atoms with Gasteiger partial charge in [-0.25, -0.2) is 4.98 Å². The first kappa shape index (κ1) is 17.0. The predicted molar refractivity (Wildman–Crippen MR) is 107 cm³/mol. The number of ether oxygens (including phenoxy) is 1. The van der Waals surface area contributed by atoms with Gasteiger partial charge in [0, 0.05) is 42.3 Å². The zero-order chi connectivity index (χ0) is 18.9. The van der Waals surface area contributed by atoms with Gasteiger partial charge in [-0.2, -0.15) is 0 Å². The van der Waals surface area contributed by atoms with Crippen LogP contribution in [0.25, 0.3) is 28.2 Å². The highest BCUT2D eigenvalue weighted by molar-refractivity contribution is 5.67. The number of aliphatic hydroxyl groups is 1. The van der Waals surface area contributed by atoms with E-state index >= 15 is 0 Å². The number of hydrogen-bond acceptors (Lipinski definition) is 5. The number of nitrogens with zero attached hydrogens (tertiary/aromatic N) is 3. The van der Waals surface area contributed by atoms with Crippen LogP contribution in [-0.2, 0) is 11.3 Å². The highest BCUT2D eigenvalue weighted by Gasteiger charge is 2.12. The van der Waals surface area contributed by atoms with E-state index in [-0.39, 0.29) is 6.61 Å². The lowest BCUT2D eigenvalue weighted by Crippen LogP contribution is -2.36. The molecule has 0 radical (unpaired) electrons. The molecule has 1 aliphatic rings. The van der Waals surface area contributed by atoms with Crippen LogP contribution in [-0.4, -0.2) is 40.8 Å². The van der Waals surface area contributed by atoms with Crippen molar-refractivity contribution >= 4 is 11.3 Å². The van der Waals surface area contributed by atoms with Gasteiger partial charge in [-0.15, -0.1) is 0 Å². The fraction of sp³-hybridized carbons (Fsp3) is 0.227. The number of pyridine rings is 1. The molecular formula is C22H21N3O3. The maximum Gasteiger partial charge on any atom is 0.137 e. The first-order chi connectivity index (χ1) is 13.8. The van der Waals surface area contributed by atoms with Gasteiger partial charge in [0.1, 0.15) is 23.8 Å². The van der Waals surface area contributed by atoms with E-state index in [1.54, 1.807) is 6.07 Å². The Hall–Kier alpha value is -3.09. The average molecular weight is 375 g/mol. The van der Waals surface area contributed by atoms with Crippen LogP contribution in [0.3, 0.4) is 0 Å². The Morgan fingerprint density at radius 1 is 0.893 bits per heavy atom. The number of fused-ring (bicyclic) bond motifs is 1. The molecule has 0 aliphatic carbocycles. The molecule has 1 aliphatic heterocycles. The maximum atomic E-state index is 9.18. The van der Waals surface area contributed by atoms with Crippen molar-refractivity contribution < 1.29 is 14.3 Å². The summed E-state index contributed by atoms with van der Waals surface area (Å²) in [6.07, 6.45) is 4.02. The second-order valence-electron chi connectivity index (χ2n) is 6.88. The number of benzene rings is 1. The first-order valence-electron chi connectivity index (χ1n) is 9.42. The van der Waals surface area contributed by atoms with Gasteiger partial charge in [0.2, 0.25) is 0 Å². The summed E-state index contributed by atoms with van der Waals surface area (Å²) in [4.78, 5) is 7.08. The van der Waals surface area contributed by atoms with Crippen LogP contribution in [0, 0.1) is 0 Å². The van der Waals surface area contributed by atoms with E-state index in [2.05, 4.69) is 29.2 Å². The summed E-state index contributed by atoms with van der Waals surface area (Å²) in [6.45, 7) is 3.33. The number of anilines is 1. The van der Waals surface area contributed by atoms with E-state index in [1.165, 1.54) is 5.69 Å². The Labute approximate surface area is 162 Å². The van der Waals surface area contributed by atoms with Crippen molar-refractivity contribution in [3.05, 3.63) is 66.7 Å². The molecular weight excluding hydrogens is 354 g/mol. The summed E-state index contributed by atoms with van der Waals surface area (Å²) in [5.41, 5.74) is 5.06. The quantitative estimate of drug-likeness (QED) is 0.591. The third-order valence-corrected chi connectivity index (χ3v) is 5.09. The van der Waals surface area contributed by atoms with Crippen LogP contribution in [0.2, 0.25) is 0 Å². The summed E-state index contributed by atoms with van der Waals surface area (Å²) in [7, 11) is 0. The van der Waals surface area contributed by atoms with Crippen LogP contribution in [0.5, 0.6) is 0 Å². The van der Waals surface area contributed by atoms with Crippen molar-refractivity contribution in [2.45, 2.75) is 6.61 Å². The van der Waals surface area contributed by atoms with E-state index in [4.69, 9.17) is 14.1 Å². The molecule has 6 nitrogen and oxygen atoms in total. The standard InChI is InChI=1S/C22H21N3O3/c26-15-19-6-7-21(28-19)17-3-8-22-23-20(14-25(22)13-17)16-1-4-18(5-2-16)24-9-11-27-12-10-24/h1-8,13-14,26H,9-12,15H2. The molecule has 0 spiro atoms. The van der Waals surface area contributed by atoms with E-state index in [1.807, 2.05) is 35.0 Å². The second kappa shape index (κ2) is 7.14. The molecule has 0 amide bonds. The highest BCUT2D eigenvalue weighted by Crippen LogP contribution is 2.26. The number of morpholine rings is 1. The molecule has 6 heteroatoms. The Morgan fingerprint density at radius 2 is 1.68 bits per heavy atom. The van der Waals surface area contributed by atoms with E-state index < -0.39 is 0 Å². The average Bonchev–Trinajstić information content (AvgIpc) is 3.41. The number of aliphatic hydroxyl groups excluding tert-OH is 1. The van der Waals surface area contributed by atoms with Crippen molar-refractivity contribution in [2.75, 3.05) is 31.2 Å². The molecule has 1 N–H and O–H groups in total. The normalized spacial score (nSPS) is 14.7. The van der Waals surface area contributed by atoms with Gasteiger partial charge in [0.15, 0.2) is 0 Å². The lowest BCUT2D eigenvalue weighted by Gasteiger charge is -2.28. The molecule has 3 aromatic heterocycles. The van der Waals surface area contributed by atoms with E-state index in [0.29, 0.717) is 5.76 Å². The molecule has 1 saturated heterocycles. The van der Waals surface area contributed by atoms with Gasteiger partial charge in [-0.3, -0.25) is 0 Å². The first-order valence-corrected chi connectivity index (χ1v) is 9.42. The molecule has 28 heavy (non-hydrogen) atoms. The van der Waals surface area contributed by atoms with Crippen LogP contribution < -0.4 is 4.90 Å². The summed E-state index contributed by atoms with van der Waals surface area (Å²) in [6, 6.07) is 16.1. The third kappa shape index (κ3) is 3.17. The molecule has 1 fully saturated rings. The molecule has 142 valence electrons. The van der Waals surface area contributed by atoms with Crippen molar-refractivity contribution in [3.8, 4) is 22.6 Å². The topological polar surface area (TPSA) is 63.1 Å². The fourth-order valence-corrected chi connectivity index (χ4v) is 3.56. The number of rotatable bonds is 4. The minimum atomic E-state index is -0.0993. The van der Waals surface area contributed by atoms with Crippen molar-refractivity contribution in [1.82, 2.24) is 9.38 Å². The van der Waals surface area contributed by atoms with Gasteiger partial charge in [-0.05, 0) is 36.4 Å². The van der Waals surface area contributed by atoms with Crippen LogP contribution >= 0.6 is 0 Å². The predicted octanol–water partition coefficient (Wildman–Crippen LogP) is 3.59. The minimum absolute atomic E-state index is 0.0993. The number of imidazole rings is 1. The summed E-state index contributed by atoms with van der Waals surface area (Å²) < 4.78 is 13.1. The fourth-order valence-electron chi connectivity index (χ4n) is 3.56. The smallest absolute Gasteiger partial charge is 0.137 e. The Balaban J connectivity index is 1.42. The largest absolute Gasteiger partial charge is 0.459 e. The van der Waals surface area contributed by atoms with Gasteiger partial charge in [0.25, 0.3) is 0 Å². The monoisotopic (exact) mass is 375 g/mol. The van der Waals surface area contributed by atoms with Gasteiger partial charge < -0.3 is 23.6 Å². The summed E-state index contributed by atoms with van der Waals surface area (Å²) in [5.74, 6) is 1.29. The van der Waals surface area contributed by atoms with E-state index in [0.717, 1.165) is 54.5 Å². The number of hydrogen-bond donors (Lipinski definition) is 1. The zero-order valence-corrected chi connectivity index (χ0v) is 15.4. The summed E-state index contributed by atoms with van der Waals surface area (Å²) in [5, 5.41) is 9.18.